The summed E-state index contributed by atoms with van der Waals surface area (Å²) in [6.07, 6.45) is 6.04. The van der Waals surface area contributed by atoms with Crippen LogP contribution in [0.15, 0.2) is 36.0 Å². The Balaban J connectivity index is 0.920. The lowest BCUT2D eigenvalue weighted by Crippen LogP contribution is -2.60. The number of carboxylic acid groups (broad SMARTS) is 1. The van der Waals surface area contributed by atoms with E-state index in [0.717, 1.165) is 37.7 Å². The molecule has 7 rings (SSSR count). The molecule has 6 N–H and O–H groups in total. The van der Waals surface area contributed by atoms with Crippen molar-refractivity contribution >= 4 is 5.97 Å². The molecule has 0 amide bonds. The average molecular weight is 807 g/mol. The molecule has 0 bridgehead atoms. The fraction of sp³-hybridized carbons (Fsp3) is 0.837. The van der Waals surface area contributed by atoms with Crippen LogP contribution in [0.25, 0.3) is 0 Å². The Kier molecular flexibility index (Phi) is 12.9. The Bertz CT molecular complexity index is 1510. The van der Waals surface area contributed by atoms with Gasteiger partial charge in [-0.05, 0) is 82.8 Å². The van der Waals surface area contributed by atoms with Gasteiger partial charge in [-0.2, -0.15) is 0 Å². The van der Waals surface area contributed by atoms with E-state index in [-0.39, 0.29) is 36.9 Å². The Hall–Kier alpha value is -1.79. The van der Waals surface area contributed by atoms with Crippen molar-refractivity contribution in [2.75, 3.05) is 6.61 Å². The molecule has 14 nitrogen and oxygen atoms in total. The van der Waals surface area contributed by atoms with Crippen LogP contribution in [0.1, 0.15) is 118 Å². The normalized spacial score (nSPS) is 45.4. The van der Waals surface area contributed by atoms with Gasteiger partial charge in [0.05, 0.1) is 49.3 Å². The van der Waals surface area contributed by atoms with Crippen LogP contribution < -0.4 is 0 Å². The molecule has 14 heteroatoms. The third kappa shape index (κ3) is 9.13. The van der Waals surface area contributed by atoms with E-state index in [1.807, 2.05) is 26.0 Å². The smallest absolute Gasteiger partial charge is 0.335 e. The number of hydrogen-bond donors (Lipinski definition) is 6. The second kappa shape index (κ2) is 16.9. The molecule has 0 aliphatic carbocycles. The zero-order valence-electron chi connectivity index (χ0n) is 34.0. The van der Waals surface area contributed by atoms with Crippen molar-refractivity contribution in [3.63, 3.8) is 0 Å². The van der Waals surface area contributed by atoms with Crippen LogP contribution in [0, 0.1) is 11.8 Å². The Morgan fingerprint density at radius 2 is 1.74 bits per heavy atom. The second-order valence-electron chi connectivity index (χ2n) is 18.5. The minimum Gasteiger partial charge on any atom is -0.479 e. The van der Waals surface area contributed by atoms with Gasteiger partial charge in [0, 0.05) is 44.4 Å². The van der Waals surface area contributed by atoms with Crippen molar-refractivity contribution in [2.45, 2.75) is 208 Å². The number of aliphatic carboxylic acids is 1. The van der Waals surface area contributed by atoms with Crippen molar-refractivity contribution in [3.05, 3.63) is 36.0 Å². The molecule has 17 atom stereocenters. The highest BCUT2D eigenvalue weighted by atomic mass is 16.7. The first-order chi connectivity index (χ1) is 26.9. The largest absolute Gasteiger partial charge is 0.479 e. The van der Waals surface area contributed by atoms with Gasteiger partial charge in [-0.25, -0.2) is 4.79 Å². The molecule has 7 heterocycles. The fourth-order valence-corrected chi connectivity index (χ4v) is 10.2. The number of hydrogen-bond acceptors (Lipinski definition) is 13. The molecule has 0 aromatic heterocycles. The zero-order valence-corrected chi connectivity index (χ0v) is 34.0. The molecular formula is C43H66O14. The first kappa shape index (κ1) is 43.3. The number of fused-ring (bicyclic) bond motifs is 1. The highest BCUT2D eigenvalue weighted by Gasteiger charge is 2.55. The van der Waals surface area contributed by atoms with Crippen LogP contribution in [0.2, 0.25) is 0 Å². The second-order valence-corrected chi connectivity index (χ2v) is 18.5. The molecule has 6 saturated heterocycles. The maximum Gasteiger partial charge on any atom is 0.335 e. The molecule has 0 aromatic carbocycles. The predicted octanol–water partition coefficient (Wildman–Crippen LogP) is 3.94. The van der Waals surface area contributed by atoms with Gasteiger partial charge in [-0.15, -0.1) is 0 Å². The van der Waals surface area contributed by atoms with Crippen molar-refractivity contribution in [3.8, 4) is 0 Å². The van der Waals surface area contributed by atoms with Crippen LogP contribution in [-0.4, -0.2) is 133 Å². The SMILES string of the molecule is C=C1[C@@H](O)[C@H]2O[C@@]3(CC[C@@H]2O[C@@H]1[C@@H](O)C[C@H](O)[C@H]1O[C@@]2(CCCCO2)CC[C@H]1C)CC[C@H](/C=C/[C@@H](C)[C@@H]1CC(C)=C[C@@]2(O[C@@H](C[C@@](C)(O)C(=O)O)CC[C@H]2O)O1)O3. The van der Waals surface area contributed by atoms with Crippen LogP contribution in [0.5, 0.6) is 0 Å². The molecular weight excluding hydrogens is 740 g/mol. The molecule has 57 heavy (non-hydrogen) atoms. The van der Waals surface area contributed by atoms with Crippen molar-refractivity contribution in [1.82, 2.24) is 0 Å². The van der Waals surface area contributed by atoms with Crippen molar-refractivity contribution in [2.24, 2.45) is 11.8 Å². The van der Waals surface area contributed by atoms with Gasteiger partial charge < -0.3 is 63.8 Å². The van der Waals surface area contributed by atoms with Gasteiger partial charge in [0.1, 0.15) is 24.4 Å². The highest BCUT2D eigenvalue weighted by Crippen LogP contribution is 2.47. The average Bonchev–Trinajstić information content (AvgIpc) is 3.56. The molecule has 0 aromatic rings. The Morgan fingerprint density at radius 1 is 0.982 bits per heavy atom. The van der Waals surface area contributed by atoms with Crippen LogP contribution in [0.4, 0.5) is 0 Å². The number of rotatable bonds is 10. The summed E-state index contributed by atoms with van der Waals surface area (Å²) in [5, 5.41) is 65.1. The summed E-state index contributed by atoms with van der Waals surface area (Å²) in [5.41, 5.74) is -0.683. The van der Waals surface area contributed by atoms with Crippen LogP contribution >= 0.6 is 0 Å². The van der Waals surface area contributed by atoms with E-state index in [1.165, 1.54) is 6.92 Å². The van der Waals surface area contributed by atoms with Gasteiger partial charge in [0.25, 0.3) is 0 Å². The summed E-state index contributed by atoms with van der Waals surface area (Å²) >= 11 is 0. The maximum absolute atomic E-state index is 11.6. The van der Waals surface area contributed by atoms with Crippen LogP contribution in [0.3, 0.4) is 0 Å². The third-order valence-electron chi connectivity index (χ3n) is 13.7. The maximum atomic E-state index is 11.6. The van der Waals surface area contributed by atoms with Crippen molar-refractivity contribution in [1.29, 1.82) is 0 Å². The lowest BCUT2D eigenvalue weighted by Gasteiger charge is -2.50. The lowest BCUT2D eigenvalue weighted by molar-refractivity contribution is -0.323. The lowest BCUT2D eigenvalue weighted by atomic mass is 9.82. The molecule has 0 saturated carbocycles. The number of carboxylic acids is 1. The van der Waals surface area contributed by atoms with E-state index in [1.54, 1.807) is 6.08 Å². The summed E-state index contributed by atoms with van der Waals surface area (Å²) < 4.78 is 44.7. The standard InChI is InChI=1S/C43H66O14/c1-24-20-33(55-43(22-24)34(46)11-10-29(54-43)23-40(5,50)39(48)49)25(2)8-9-28-13-17-42(53-28)18-14-32-38(57-42)35(47)27(4)37(52-32)31(45)21-30(44)36-26(3)12-16-41(56-36)15-6-7-19-51-41/h8-9,22,25-26,28-38,44-47,50H,4,6-7,10-21,23H2,1-3,5H3,(H,48,49)/b9-8+/t25-,26-,28+,29-,30+,31+,32+,33+,34-,35-,36+,37+,38+,40-,41+,42-,43-/m1/s1. The summed E-state index contributed by atoms with van der Waals surface area (Å²) in [4.78, 5) is 11.6. The Labute approximate surface area is 336 Å². The number of aliphatic hydroxyl groups is 5. The first-order valence-corrected chi connectivity index (χ1v) is 21.3. The summed E-state index contributed by atoms with van der Waals surface area (Å²) in [6.45, 7) is 12.0. The highest BCUT2D eigenvalue weighted by molar-refractivity contribution is 5.76. The van der Waals surface area contributed by atoms with Gasteiger partial charge in [0.2, 0.25) is 5.79 Å². The predicted molar refractivity (Wildman–Crippen MR) is 204 cm³/mol. The summed E-state index contributed by atoms with van der Waals surface area (Å²) in [6, 6.07) is 0. The zero-order chi connectivity index (χ0) is 40.9. The van der Waals surface area contributed by atoms with Gasteiger partial charge in [-0.3, -0.25) is 0 Å². The summed E-state index contributed by atoms with van der Waals surface area (Å²) in [5.74, 6) is -4.35. The molecule has 7 aliphatic rings. The molecule has 6 fully saturated rings. The van der Waals surface area contributed by atoms with Crippen LogP contribution in [-0.2, 0) is 38.0 Å². The van der Waals surface area contributed by atoms with Gasteiger partial charge >= 0.3 is 5.97 Å². The quantitative estimate of drug-likeness (QED) is 0.173. The van der Waals surface area contributed by atoms with E-state index in [4.69, 9.17) is 33.2 Å². The number of ether oxygens (including phenoxy) is 7. The minimum atomic E-state index is -1.97. The minimum absolute atomic E-state index is 0.00603. The third-order valence-corrected chi connectivity index (χ3v) is 13.7. The van der Waals surface area contributed by atoms with Gasteiger partial charge in [-0.1, -0.05) is 38.2 Å². The van der Waals surface area contributed by atoms with E-state index in [0.29, 0.717) is 57.1 Å². The van der Waals surface area contributed by atoms with E-state index in [9.17, 15) is 35.4 Å². The molecule has 7 aliphatic heterocycles. The Morgan fingerprint density at radius 3 is 2.47 bits per heavy atom. The summed E-state index contributed by atoms with van der Waals surface area (Å²) in [7, 11) is 0. The molecule has 0 unspecified atom stereocenters. The topological polar surface area (TPSA) is 203 Å². The number of aliphatic hydroxyl groups excluding tert-OH is 4. The molecule has 0 radical (unpaired) electrons. The molecule has 322 valence electrons. The van der Waals surface area contributed by atoms with Crippen molar-refractivity contribution < 1.29 is 68.6 Å². The van der Waals surface area contributed by atoms with Gasteiger partial charge in [0.15, 0.2) is 17.2 Å². The van der Waals surface area contributed by atoms with E-state index < -0.39 is 83.9 Å². The monoisotopic (exact) mass is 806 g/mol. The number of carbonyl (C=O) groups is 1. The van der Waals surface area contributed by atoms with E-state index in [2.05, 4.69) is 13.5 Å². The van der Waals surface area contributed by atoms with E-state index >= 15 is 0 Å². The molecule has 3 spiro atoms. The first-order valence-electron chi connectivity index (χ1n) is 21.3. The fourth-order valence-electron chi connectivity index (χ4n) is 10.2.